The van der Waals surface area contributed by atoms with Crippen LogP contribution in [0.4, 0.5) is 0 Å². The maximum absolute atomic E-state index is 12.9. The molecule has 0 heterocycles. The molecule has 0 N–H and O–H groups in total. The van der Waals surface area contributed by atoms with Crippen LogP contribution in [0.15, 0.2) is 30.3 Å². The molecule has 0 saturated carbocycles. The Hall–Kier alpha value is -2.89. The lowest BCUT2D eigenvalue weighted by atomic mass is 10.0. The minimum absolute atomic E-state index is 0.228. The highest BCUT2D eigenvalue weighted by molar-refractivity contribution is 6.11. The van der Waals surface area contributed by atoms with Crippen LogP contribution in [0.1, 0.15) is 15.9 Å². The lowest BCUT2D eigenvalue weighted by molar-refractivity contribution is 0.103. The number of carbonyl (C=O) groups is 1. The molecule has 2 aromatic carbocycles. The van der Waals surface area contributed by atoms with Crippen molar-refractivity contribution in [3.8, 4) is 28.7 Å². The van der Waals surface area contributed by atoms with E-state index in [1.807, 2.05) is 0 Å². The van der Waals surface area contributed by atoms with E-state index in [0.717, 1.165) is 0 Å². The molecule has 6 heteroatoms. The fraction of sp³-hybridized carbons (Fsp3) is 0.278. The number of hydrogen-bond donors (Lipinski definition) is 0. The molecule has 6 nitrogen and oxygen atoms in total. The molecule has 2 aromatic rings. The maximum atomic E-state index is 12.9. The molecule has 0 spiro atoms. The minimum atomic E-state index is -0.228. The molecule has 0 amide bonds. The predicted molar refractivity (Wildman–Crippen MR) is 89.1 cm³/mol. The summed E-state index contributed by atoms with van der Waals surface area (Å²) in [6.45, 7) is 0. The maximum Gasteiger partial charge on any atom is 0.197 e. The summed E-state index contributed by atoms with van der Waals surface area (Å²) in [5.41, 5.74) is 0.806. The third-order valence-corrected chi connectivity index (χ3v) is 3.60. The standard InChI is InChI=1S/C18H20O6/c1-20-13-7-6-11(8-15(13)22-3)18(19)12-9-16(23-4)17(24-5)10-14(12)21-2/h6-10H,1-5H3. The Balaban J connectivity index is 2.53. The van der Waals surface area contributed by atoms with E-state index >= 15 is 0 Å². The molecule has 0 aliphatic heterocycles. The van der Waals surface area contributed by atoms with E-state index < -0.39 is 0 Å². The SMILES string of the molecule is COc1ccc(C(=O)c2cc(OC)c(OC)cc2OC)cc1OC. The van der Waals surface area contributed by atoms with E-state index in [-0.39, 0.29) is 5.78 Å². The lowest BCUT2D eigenvalue weighted by Gasteiger charge is -2.14. The van der Waals surface area contributed by atoms with Crippen LogP contribution in [0.2, 0.25) is 0 Å². The van der Waals surface area contributed by atoms with Crippen molar-refractivity contribution in [3.05, 3.63) is 41.5 Å². The second-order valence-electron chi connectivity index (χ2n) is 4.81. The van der Waals surface area contributed by atoms with Crippen LogP contribution in [0.3, 0.4) is 0 Å². The average molecular weight is 332 g/mol. The third kappa shape index (κ3) is 3.22. The molecule has 128 valence electrons. The number of ketones is 1. The summed E-state index contributed by atoms with van der Waals surface area (Å²) in [5.74, 6) is 2.12. The van der Waals surface area contributed by atoms with Crippen molar-refractivity contribution in [3.63, 3.8) is 0 Å². The first-order chi connectivity index (χ1) is 11.6. The first kappa shape index (κ1) is 17.5. The summed E-state index contributed by atoms with van der Waals surface area (Å²) >= 11 is 0. The first-order valence-corrected chi connectivity index (χ1v) is 7.16. The molecule has 2 rings (SSSR count). The van der Waals surface area contributed by atoms with Crippen LogP contribution in [-0.4, -0.2) is 41.3 Å². The van der Waals surface area contributed by atoms with Crippen molar-refractivity contribution in [2.75, 3.05) is 35.5 Å². The van der Waals surface area contributed by atoms with Gasteiger partial charge in [-0.1, -0.05) is 0 Å². The third-order valence-electron chi connectivity index (χ3n) is 3.60. The van der Waals surface area contributed by atoms with Crippen molar-refractivity contribution >= 4 is 5.78 Å². The van der Waals surface area contributed by atoms with Gasteiger partial charge in [0.25, 0.3) is 0 Å². The van der Waals surface area contributed by atoms with Gasteiger partial charge >= 0.3 is 0 Å². The van der Waals surface area contributed by atoms with Gasteiger partial charge in [0.1, 0.15) is 5.75 Å². The van der Waals surface area contributed by atoms with Crippen LogP contribution < -0.4 is 23.7 Å². The number of ether oxygens (including phenoxy) is 5. The lowest BCUT2D eigenvalue weighted by Crippen LogP contribution is -2.06. The molecule has 0 fully saturated rings. The second kappa shape index (κ2) is 7.59. The summed E-state index contributed by atoms with van der Waals surface area (Å²) in [6.07, 6.45) is 0. The Morgan fingerprint density at radius 3 is 1.67 bits per heavy atom. The highest BCUT2D eigenvalue weighted by Crippen LogP contribution is 2.36. The molecular weight excluding hydrogens is 312 g/mol. The summed E-state index contributed by atoms with van der Waals surface area (Å²) in [7, 11) is 7.58. The van der Waals surface area contributed by atoms with E-state index in [0.29, 0.717) is 39.9 Å². The van der Waals surface area contributed by atoms with Crippen LogP contribution in [0, 0.1) is 0 Å². The monoisotopic (exact) mass is 332 g/mol. The van der Waals surface area contributed by atoms with Gasteiger partial charge in [-0.05, 0) is 24.3 Å². The Bertz CT molecular complexity index is 739. The van der Waals surface area contributed by atoms with Gasteiger partial charge in [0.05, 0.1) is 41.1 Å². The van der Waals surface area contributed by atoms with E-state index in [2.05, 4.69) is 0 Å². The molecule has 0 atom stereocenters. The van der Waals surface area contributed by atoms with Crippen LogP contribution in [0.25, 0.3) is 0 Å². The van der Waals surface area contributed by atoms with Crippen molar-refractivity contribution < 1.29 is 28.5 Å². The highest BCUT2D eigenvalue weighted by Gasteiger charge is 2.20. The van der Waals surface area contributed by atoms with E-state index in [4.69, 9.17) is 23.7 Å². The van der Waals surface area contributed by atoms with Crippen LogP contribution in [-0.2, 0) is 0 Å². The van der Waals surface area contributed by atoms with E-state index in [1.54, 1.807) is 30.3 Å². The molecule has 0 unspecified atom stereocenters. The molecule has 0 bridgehead atoms. The molecule has 0 aliphatic carbocycles. The average Bonchev–Trinajstić information content (AvgIpc) is 2.65. The fourth-order valence-corrected chi connectivity index (χ4v) is 2.34. The smallest absolute Gasteiger partial charge is 0.197 e. The summed E-state index contributed by atoms with van der Waals surface area (Å²) in [5, 5.41) is 0. The minimum Gasteiger partial charge on any atom is -0.496 e. The fourth-order valence-electron chi connectivity index (χ4n) is 2.34. The molecule has 0 saturated heterocycles. The van der Waals surface area contributed by atoms with Crippen LogP contribution in [0.5, 0.6) is 28.7 Å². The normalized spacial score (nSPS) is 10.0. The van der Waals surface area contributed by atoms with Crippen molar-refractivity contribution in [1.29, 1.82) is 0 Å². The van der Waals surface area contributed by atoms with Gasteiger partial charge in [-0.25, -0.2) is 0 Å². The zero-order valence-electron chi connectivity index (χ0n) is 14.3. The summed E-state index contributed by atoms with van der Waals surface area (Å²) in [4.78, 5) is 12.9. The van der Waals surface area contributed by atoms with Crippen molar-refractivity contribution in [2.45, 2.75) is 0 Å². The van der Waals surface area contributed by atoms with Gasteiger partial charge in [0, 0.05) is 11.6 Å². The van der Waals surface area contributed by atoms with Gasteiger partial charge in [0.2, 0.25) is 0 Å². The molecule has 0 radical (unpaired) electrons. The molecule has 0 aliphatic rings. The zero-order valence-corrected chi connectivity index (χ0v) is 14.3. The van der Waals surface area contributed by atoms with Crippen molar-refractivity contribution in [1.82, 2.24) is 0 Å². The Kier molecular flexibility index (Phi) is 5.52. The van der Waals surface area contributed by atoms with Gasteiger partial charge in [0.15, 0.2) is 28.8 Å². The topological polar surface area (TPSA) is 63.2 Å². The first-order valence-electron chi connectivity index (χ1n) is 7.16. The quantitative estimate of drug-likeness (QED) is 0.727. The van der Waals surface area contributed by atoms with Gasteiger partial charge < -0.3 is 23.7 Å². The van der Waals surface area contributed by atoms with Gasteiger partial charge in [-0.3, -0.25) is 4.79 Å². The number of methoxy groups -OCH3 is 5. The number of rotatable bonds is 7. The van der Waals surface area contributed by atoms with Gasteiger partial charge in [-0.2, -0.15) is 0 Å². The largest absolute Gasteiger partial charge is 0.496 e. The summed E-state index contributed by atoms with van der Waals surface area (Å²) < 4.78 is 26.3. The number of carbonyl (C=O) groups excluding carboxylic acids is 1. The van der Waals surface area contributed by atoms with Crippen molar-refractivity contribution in [2.24, 2.45) is 0 Å². The predicted octanol–water partition coefficient (Wildman–Crippen LogP) is 2.96. The Morgan fingerprint density at radius 2 is 1.12 bits per heavy atom. The van der Waals surface area contributed by atoms with E-state index in [9.17, 15) is 4.79 Å². The van der Waals surface area contributed by atoms with Crippen LogP contribution >= 0.6 is 0 Å². The number of benzene rings is 2. The second-order valence-corrected chi connectivity index (χ2v) is 4.81. The Labute approximate surface area is 140 Å². The highest BCUT2D eigenvalue weighted by atomic mass is 16.5. The summed E-state index contributed by atoms with van der Waals surface area (Å²) in [6, 6.07) is 8.18. The zero-order chi connectivity index (χ0) is 17.7. The van der Waals surface area contributed by atoms with E-state index in [1.165, 1.54) is 35.5 Å². The number of hydrogen-bond acceptors (Lipinski definition) is 6. The molecular formula is C18H20O6. The van der Waals surface area contributed by atoms with Gasteiger partial charge in [-0.15, -0.1) is 0 Å². The molecule has 24 heavy (non-hydrogen) atoms. The molecule has 0 aromatic heterocycles. The Morgan fingerprint density at radius 1 is 0.625 bits per heavy atom.